The Balaban J connectivity index is 2.23. The van der Waals surface area contributed by atoms with Crippen LogP contribution in [-0.4, -0.2) is 13.5 Å². The molecule has 0 aliphatic rings. The first-order valence-corrected chi connectivity index (χ1v) is 9.57. The topological polar surface area (TPSA) is 66.4 Å². The quantitative estimate of drug-likeness (QED) is 0.797. The van der Waals surface area contributed by atoms with E-state index < -0.39 is 10.0 Å². The van der Waals surface area contributed by atoms with E-state index in [1.165, 1.54) is 6.07 Å². The van der Waals surface area contributed by atoms with Crippen molar-refractivity contribution in [3.8, 4) is 0 Å². The zero-order valence-corrected chi connectivity index (χ0v) is 14.7. The Labute approximate surface area is 137 Å². The van der Waals surface area contributed by atoms with Crippen molar-refractivity contribution in [1.29, 1.82) is 0 Å². The van der Waals surface area contributed by atoms with Gasteiger partial charge in [0.25, 0.3) is 0 Å². The first-order chi connectivity index (χ1) is 9.97. The van der Waals surface area contributed by atoms with Gasteiger partial charge in [0.05, 0.1) is 11.5 Å². The first-order valence-electron chi connectivity index (χ1n) is 6.42. The highest BCUT2D eigenvalue weighted by Gasteiger charge is 2.18. The number of halogens is 1. The molecule has 2 N–H and O–H groups in total. The average Bonchev–Trinajstić information content (AvgIpc) is 2.93. The Morgan fingerprint density at radius 2 is 2.10 bits per heavy atom. The van der Waals surface area contributed by atoms with Crippen molar-refractivity contribution in [2.45, 2.75) is 31.4 Å². The smallest absolute Gasteiger partial charge is 0.242 e. The molecule has 21 heavy (non-hydrogen) atoms. The van der Waals surface area contributed by atoms with Gasteiger partial charge in [0.2, 0.25) is 10.0 Å². The summed E-state index contributed by atoms with van der Waals surface area (Å²) >= 11 is 4.79. The molecule has 0 spiro atoms. The molecule has 1 heterocycles. The summed E-state index contributed by atoms with van der Waals surface area (Å²) < 4.78 is 27.9. The van der Waals surface area contributed by atoms with E-state index in [0.717, 1.165) is 16.9 Å². The van der Waals surface area contributed by atoms with Gasteiger partial charge in [0.15, 0.2) is 0 Å². The fourth-order valence-corrected chi connectivity index (χ4v) is 4.94. The maximum absolute atomic E-state index is 12.4. The van der Waals surface area contributed by atoms with Crippen molar-refractivity contribution in [2.75, 3.05) is 0 Å². The van der Waals surface area contributed by atoms with Gasteiger partial charge in [0.1, 0.15) is 0 Å². The monoisotopic (exact) mass is 389 g/mol. The molecule has 0 radical (unpaired) electrons. The van der Waals surface area contributed by atoms with Crippen molar-refractivity contribution in [3.05, 3.63) is 50.1 Å². The van der Waals surface area contributed by atoms with Crippen LogP contribution in [0.3, 0.4) is 0 Å². The van der Waals surface area contributed by atoms with Crippen LogP contribution in [0.25, 0.3) is 0 Å². The highest BCUT2D eigenvalue weighted by atomic mass is 79.9. The number of benzene rings is 1. The van der Waals surface area contributed by atoms with Gasteiger partial charge < -0.3 is 5.11 Å². The van der Waals surface area contributed by atoms with E-state index in [9.17, 15) is 8.42 Å². The van der Waals surface area contributed by atoms with Gasteiger partial charge >= 0.3 is 0 Å². The molecule has 1 aromatic heterocycles. The molecule has 0 saturated carbocycles. The normalized spacial score (nSPS) is 11.8. The molecule has 1 aromatic carbocycles. The van der Waals surface area contributed by atoms with Crippen LogP contribution in [0, 0.1) is 0 Å². The minimum atomic E-state index is -3.63. The van der Waals surface area contributed by atoms with Crippen molar-refractivity contribution >= 4 is 37.3 Å². The van der Waals surface area contributed by atoms with Gasteiger partial charge in [-0.3, -0.25) is 0 Å². The second-order valence-electron chi connectivity index (χ2n) is 4.47. The van der Waals surface area contributed by atoms with Gasteiger partial charge in [0, 0.05) is 15.9 Å². The van der Waals surface area contributed by atoms with Gasteiger partial charge in [-0.25, -0.2) is 13.1 Å². The molecule has 0 fully saturated rings. The molecule has 2 aromatic rings. The summed E-state index contributed by atoms with van der Waals surface area (Å²) in [5.74, 6) is 0. The molecular formula is C14H16BrNO3S2. The summed E-state index contributed by atoms with van der Waals surface area (Å²) in [7, 11) is -3.63. The van der Waals surface area contributed by atoms with Crippen molar-refractivity contribution in [1.82, 2.24) is 4.72 Å². The predicted molar refractivity (Wildman–Crippen MR) is 87.8 cm³/mol. The molecule has 0 aliphatic carbocycles. The number of hydrogen-bond donors (Lipinski definition) is 2. The largest absolute Gasteiger partial charge is 0.392 e. The number of nitrogens with one attached hydrogen (secondary N) is 1. The maximum atomic E-state index is 12.4. The van der Waals surface area contributed by atoms with Crippen molar-refractivity contribution in [2.24, 2.45) is 0 Å². The number of aryl methyl sites for hydroxylation is 1. The second kappa shape index (κ2) is 7.02. The van der Waals surface area contributed by atoms with Crippen LogP contribution >= 0.6 is 27.3 Å². The summed E-state index contributed by atoms with van der Waals surface area (Å²) in [6.07, 6.45) is 0.879. The lowest BCUT2D eigenvalue weighted by atomic mass is 10.2. The summed E-state index contributed by atoms with van der Waals surface area (Å²) in [5.41, 5.74) is 1.72. The van der Waals surface area contributed by atoms with Crippen LogP contribution in [0.4, 0.5) is 0 Å². The van der Waals surface area contributed by atoms with Crippen LogP contribution in [0.2, 0.25) is 0 Å². The number of aliphatic hydroxyl groups is 1. The van der Waals surface area contributed by atoms with Crippen LogP contribution < -0.4 is 4.72 Å². The van der Waals surface area contributed by atoms with Crippen LogP contribution in [-0.2, 0) is 29.6 Å². The number of hydrogen-bond acceptors (Lipinski definition) is 4. The summed E-state index contributed by atoms with van der Waals surface area (Å²) in [6, 6.07) is 6.79. The summed E-state index contributed by atoms with van der Waals surface area (Å²) in [6.45, 7) is 2.13. The Kier molecular flexibility index (Phi) is 5.56. The predicted octanol–water partition coefficient (Wildman–Crippen LogP) is 3.04. The number of thiophene rings is 1. The molecule has 0 atom stereocenters. The molecule has 0 saturated heterocycles. The lowest BCUT2D eigenvalue weighted by Gasteiger charge is -2.10. The lowest BCUT2D eigenvalue weighted by Crippen LogP contribution is -2.23. The summed E-state index contributed by atoms with van der Waals surface area (Å²) in [5, 5.41) is 11.1. The zero-order valence-electron chi connectivity index (χ0n) is 11.5. The molecule has 7 heteroatoms. The molecule has 0 bridgehead atoms. The first kappa shape index (κ1) is 16.6. The minimum absolute atomic E-state index is 0.142. The number of rotatable bonds is 6. The van der Waals surface area contributed by atoms with Gasteiger partial charge in [-0.05, 0) is 57.1 Å². The molecule has 2 rings (SSSR count). The third-order valence-electron chi connectivity index (χ3n) is 3.11. The van der Waals surface area contributed by atoms with Gasteiger partial charge in [-0.1, -0.05) is 13.0 Å². The molecular weight excluding hydrogens is 374 g/mol. The highest BCUT2D eigenvalue weighted by molar-refractivity contribution is 9.10. The highest BCUT2D eigenvalue weighted by Crippen LogP contribution is 2.24. The van der Waals surface area contributed by atoms with Gasteiger partial charge in [-0.15, -0.1) is 11.3 Å². The summed E-state index contributed by atoms with van der Waals surface area (Å²) in [4.78, 5) is 1.17. The zero-order chi connectivity index (χ0) is 15.5. The SMILES string of the molecule is CCc1ccsc1CNS(=O)(=O)c1cc(CO)ccc1Br. The van der Waals surface area contributed by atoms with E-state index in [1.54, 1.807) is 23.5 Å². The van der Waals surface area contributed by atoms with Crippen LogP contribution in [0.1, 0.15) is 22.9 Å². The molecule has 114 valence electrons. The fourth-order valence-electron chi connectivity index (χ4n) is 1.93. The second-order valence-corrected chi connectivity index (χ2v) is 8.06. The Bertz CT molecular complexity index is 726. The molecule has 4 nitrogen and oxygen atoms in total. The van der Waals surface area contributed by atoms with E-state index in [-0.39, 0.29) is 18.0 Å². The Morgan fingerprint density at radius 3 is 2.76 bits per heavy atom. The van der Waals surface area contributed by atoms with Gasteiger partial charge in [-0.2, -0.15) is 0 Å². The Hall–Kier alpha value is -0.730. The number of aliphatic hydroxyl groups excluding tert-OH is 1. The lowest BCUT2D eigenvalue weighted by molar-refractivity contribution is 0.281. The minimum Gasteiger partial charge on any atom is -0.392 e. The van der Waals surface area contributed by atoms with E-state index >= 15 is 0 Å². The average molecular weight is 390 g/mol. The third kappa shape index (κ3) is 3.92. The van der Waals surface area contributed by atoms with Crippen molar-refractivity contribution in [3.63, 3.8) is 0 Å². The van der Waals surface area contributed by atoms with E-state index in [4.69, 9.17) is 5.11 Å². The van der Waals surface area contributed by atoms with Crippen LogP contribution in [0.5, 0.6) is 0 Å². The molecule has 0 unspecified atom stereocenters. The third-order valence-corrected chi connectivity index (χ3v) is 6.47. The molecule has 0 amide bonds. The van der Waals surface area contributed by atoms with Crippen LogP contribution in [0.15, 0.2) is 39.0 Å². The van der Waals surface area contributed by atoms with E-state index in [0.29, 0.717) is 10.0 Å². The number of sulfonamides is 1. The Morgan fingerprint density at radius 1 is 1.33 bits per heavy atom. The van der Waals surface area contributed by atoms with E-state index in [1.807, 2.05) is 18.4 Å². The standard InChI is InChI=1S/C14H16BrNO3S2/c1-2-11-5-6-20-13(11)8-16-21(18,19)14-7-10(9-17)3-4-12(14)15/h3-7,16-17H,2,8-9H2,1H3. The van der Waals surface area contributed by atoms with Crippen molar-refractivity contribution < 1.29 is 13.5 Å². The maximum Gasteiger partial charge on any atom is 0.242 e. The fraction of sp³-hybridized carbons (Fsp3) is 0.286. The molecule has 0 aliphatic heterocycles. The van der Waals surface area contributed by atoms with E-state index in [2.05, 4.69) is 20.7 Å².